The molecule has 0 aromatic carbocycles. The summed E-state index contributed by atoms with van der Waals surface area (Å²) in [4.78, 5) is 8.66. The Morgan fingerprint density at radius 2 is 2.33 bits per heavy atom. The molecule has 0 bridgehead atoms. The minimum absolute atomic E-state index is 0.456. The third-order valence-corrected chi connectivity index (χ3v) is 3.77. The van der Waals surface area contributed by atoms with Crippen LogP contribution in [-0.4, -0.2) is 30.6 Å². The molecule has 1 rings (SSSR count). The normalized spacial score (nSPS) is 13.4. The average molecular weight is 268 g/mol. The van der Waals surface area contributed by atoms with Gasteiger partial charge >= 0.3 is 0 Å². The Kier molecular flexibility index (Phi) is 6.72. The topological polar surface area (TPSA) is 49.3 Å². The van der Waals surface area contributed by atoms with Crippen molar-refractivity contribution in [1.82, 2.24) is 15.6 Å². The van der Waals surface area contributed by atoms with Crippen molar-refractivity contribution in [3.8, 4) is 0 Å². The number of rotatable bonds is 6. The molecule has 1 aromatic rings. The molecule has 0 aliphatic heterocycles. The molecule has 0 radical (unpaired) electrons. The summed E-state index contributed by atoms with van der Waals surface area (Å²) >= 11 is 1.74. The van der Waals surface area contributed by atoms with Gasteiger partial charge < -0.3 is 10.6 Å². The maximum Gasteiger partial charge on any atom is 0.191 e. The number of aromatic nitrogens is 1. The number of hydrogen-bond donors (Lipinski definition) is 2. The van der Waals surface area contributed by atoms with Crippen LogP contribution in [0.3, 0.4) is 0 Å². The van der Waals surface area contributed by atoms with E-state index in [1.807, 2.05) is 14.0 Å². The molecule has 18 heavy (non-hydrogen) atoms. The van der Waals surface area contributed by atoms with E-state index in [4.69, 9.17) is 0 Å². The van der Waals surface area contributed by atoms with Crippen LogP contribution in [0.5, 0.6) is 0 Å². The molecule has 1 unspecified atom stereocenters. The first-order valence-corrected chi connectivity index (χ1v) is 7.41. The molecular weight excluding hydrogens is 244 g/mol. The van der Waals surface area contributed by atoms with E-state index < -0.39 is 0 Å². The maximum absolute atomic E-state index is 4.45. The average Bonchev–Trinajstić information content (AvgIpc) is 2.78. The zero-order valence-electron chi connectivity index (χ0n) is 11.8. The second-order valence-electron chi connectivity index (χ2n) is 4.44. The highest BCUT2D eigenvalue weighted by atomic mass is 32.1. The van der Waals surface area contributed by atoms with Gasteiger partial charge in [0.05, 0.1) is 5.01 Å². The van der Waals surface area contributed by atoms with Crippen molar-refractivity contribution in [2.75, 3.05) is 13.6 Å². The molecule has 1 atom stereocenters. The molecule has 0 aliphatic rings. The Morgan fingerprint density at radius 1 is 1.56 bits per heavy atom. The zero-order chi connectivity index (χ0) is 13.4. The number of aryl methyl sites for hydroxylation is 2. The Balaban J connectivity index is 2.20. The molecule has 0 amide bonds. The van der Waals surface area contributed by atoms with Crippen molar-refractivity contribution in [3.63, 3.8) is 0 Å². The molecule has 1 heterocycles. The zero-order valence-corrected chi connectivity index (χ0v) is 12.6. The molecule has 0 saturated heterocycles. The fourth-order valence-electron chi connectivity index (χ4n) is 1.49. The summed E-state index contributed by atoms with van der Waals surface area (Å²) in [5.41, 5.74) is 1.12. The van der Waals surface area contributed by atoms with E-state index >= 15 is 0 Å². The summed E-state index contributed by atoms with van der Waals surface area (Å²) in [6.07, 6.45) is 3.21. The van der Waals surface area contributed by atoms with Crippen LogP contribution in [0.15, 0.2) is 10.4 Å². The van der Waals surface area contributed by atoms with Crippen LogP contribution in [0, 0.1) is 6.92 Å². The minimum atomic E-state index is 0.456. The van der Waals surface area contributed by atoms with Gasteiger partial charge in [-0.2, -0.15) is 0 Å². The van der Waals surface area contributed by atoms with Gasteiger partial charge in [-0.3, -0.25) is 4.99 Å². The molecular formula is C13H24N4S. The maximum atomic E-state index is 4.45. The van der Waals surface area contributed by atoms with Crippen molar-refractivity contribution >= 4 is 17.3 Å². The number of thiazole rings is 1. The van der Waals surface area contributed by atoms with E-state index in [0.29, 0.717) is 6.04 Å². The second-order valence-corrected chi connectivity index (χ2v) is 5.38. The van der Waals surface area contributed by atoms with Crippen molar-refractivity contribution < 1.29 is 0 Å². The lowest BCUT2D eigenvalue weighted by Crippen LogP contribution is -2.42. The van der Waals surface area contributed by atoms with E-state index in [2.05, 4.69) is 39.8 Å². The predicted octanol–water partition coefficient (Wildman–Crippen LogP) is 2.35. The SMILES string of the molecule is CCC(C)NC(=NC)NCCCc1nc(C)cs1. The molecule has 0 aliphatic carbocycles. The first kappa shape index (κ1) is 15.0. The third kappa shape index (κ3) is 5.49. The van der Waals surface area contributed by atoms with Crippen molar-refractivity contribution in [3.05, 3.63) is 16.1 Å². The van der Waals surface area contributed by atoms with Crippen LogP contribution in [0.25, 0.3) is 0 Å². The van der Waals surface area contributed by atoms with Gasteiger partial charge in [0.15, 0.2) is 5.96 Å². The second kappa shape index (κ2) is 8.08. The van der Waals surface area contributed by atoms with Gasteiger partial charge in [-0.15, -0.1) is 11.3 Å². The molecule has 1 aromatic heterocycles. The molecule has 0 fully saturated rings. The smallest absolute Gasteiger partial charge is 0.191 e. The lowest BCUT2D eigenvalue weighted by Gasteiger charge is -2.16. The van der Waals surface area contributed by atoms with E-state index in [1.165, 1.54) is 5.01 Å². The fourth-order valence-corrected chi connectivity index (χ4v) is 2.31. The number of hydrogen-bond acceptors (Lipinski definition) is 3. The van der Waals surface area contributed by atoms with E-state index in [0.717, 1.165) is 37.5 Å². The standard InChI is InChI=1S/C13H24N4S/c1-5-10(2)17-13(14-4)15-8-6-7-12-16-11(3)9-18-12/h9-10H,5-8H2,1-4H3,(H2,14,15,17). The highest BCUT2D eigenvalue weighted by Gasteiger charge is 2.02. The van der Waals surface area contributed by atoms with Gasteiger partial charge in [0, 0.05) is 37.1 Å². The Morgan fingerprint density at radius 3 is 2.89 bits per heavy atom. The molecule has 102 valence electrons. The largest absolute Gasteiger partial charge is 0.356 e. The molecule has 4 nitrogen and oxygen atoms in total. The monoisotopic (exact) mass is 268 g/mol. The van der Waals surface area contributed by atoms with Crippen LogP contribution in [0.4, 0.5) is 0 Å². The van der Waals surface area contributed by atoms with Crippen LogP contribution >= 0.6 is 11.3 Å². The Bertz CT molecular complexity index is 373. The minimum Gasteiger partial charge on any atom is -0.356 e. The van der Waals surface area contributed by atoms with Gasteiger partial charge in [-0.1, -0.05) is 6.92 Å². The van der Waals surface area contributed by atoms with E-state index in [-0.39, 0.29) is 0 Å². The third-order valence-electron chi connectivity index (χ3n) is 2.75. The van der Waals surface area contributed by atoms with Gasteiger partial charge in [0.25, 0.3) is 0 Å². The molecule has 2 N–H and O–H groups in total. The molecule has 0 saturated carbocycles. The lowest BCUT2D eigenvalue weighted by molar-refractivity contribution is 0.620. The quantitative estimate of drug-likeness (QED) is 0.473. The number of nitrogens with zero attached hydrogens (tertiary/aromatic N) is 2. The first-order valence-electron chi connectivity index (χ1n) is 6.54. The number of nitrogens with one attached hydrogen (secondary N) is 2. The van der Waals surface area contributed by atoms with Gasteiger partial charge in [-0.25, -0.2) is 4.98 Å². The summed E-state index contributed by atoms with van der Waals surface area (Å²) in [5.74, 6) is 0.889. The summed E-state index contributed by atoms with van der Waals surface area (Å²) < 4.78 is 0. The van der Waals surface area contributed by atoms with Crippen molar-refractivity contribution in [2.24, 2.45) is 4.99 Å². The number of aliphatic imine (C=N–C) groups is 1. The van der Waals surface area contributed by atoms with E-state index in [1.54, 1.807) is 11.3 Å². The predicted molar refractivity (Wildman–Crippen MR) is 79.4 cm³/mol. The number of guanidine groups is 1. The summed E-state index contributed by atoms with van der Waals surface area (Å²) in [6.45, 7) is 7.28. The van der Waals surface area contributed by atoms with Crippen LogP contribution < -0.4 is 10.6 Å². The molecule has 5 heteroatoms. The van der Waals surface area contributed by atoms with Gasteiger partial charge in [0.2, 0.25) is 0 Å². The fraction of sp³-hybridized carbons (Fsp3) is 0.692. The van der Waals surface area contributed by atoms with Gasteiger partial charge in [-0.05, 0) is 26.7 Å². The summed E-state index contributed by atoms with van der Waals surface area (Å²) in [5, 5.41) is 10.00. The first-order chi connectivity index (χ1) is 8.65. The van der Waals surface area contributed by atoms with Gasteiger partial charge in [0.1, 0.15) is 0 Å². The van der Waals surface area contributed by atoms with Crippen molar-refractivity contribution in [2.45, 2.75) is 46.1 Å². The summed E-state index contributed by atoms with van der Waals surface area (Å²) in [6, 6.07) is 0.456. The summed E-state index contributed by atoms with van der Waals surface area (Å²) in [7, 11) is 1.81. The van der Waals surface area contributed by atoms with Crippen LogP contribution in [-0.2, 0) is 6.42 Å². The van der Waals surface area contributed by atoms with Crippen LogP contribution in [0.1, 0.15) is 37.4 Å². The van der Waals surface area contributed by atoms with Crippen LogP contribution in [0.2, 0.25) is 0 Å². The van der Waals surface area contributed by atoms with Crippen molar-refractivity contribution in [1.29, 1.82) is 0 Å². The highest BCUT2D eigenvalue weighted by molar-refractivity contribution is 7.09. The highest BCUT2D eigenvalue weighted by Crippen LogP contribution is 2.10. The molecule has 0 spiro atoms. The Labute approximate surface area is 114 Å². The Hall–Kier alpha value is -1.10. The lowest BCUT2D eigenvalue weighted by atomic mass is 10.3. The van der Waals surface area contributed by atoms with E-state index in [9.17, 15) is 0 Å².